The van der Waals surface area contributed by atoms with E-state index in [-0.39, 0.29) is 30.7 Å². The second kappa shape index (κ2) is 5.63. The van der Waals surface area contributed by atoms with Gasteiger partial charge in [0.25, 0.3) is 5.91 Å². The van der Waals surface area contributed by atoms with Crippen LogP contribution in [-0.2, 0) is 10.0 Å². The molecule has 0 unspecified atom stereocenters. The van der Waals surface area contributed by atoms with E-state index in [1.807, 2.05) is 0 Å². The van der Waals surface area contributed by atoms with Crippen LogP contribution in [-0.4, -0.2) is 61.8 Å². The lowest BCUT2D eigenvalue weighted by atomic mass is 10.2. The van der Waals surface area contributed by atoms with Gasteiger partial charge < -0.3 is 10.6 Å². The van der Waals surface area contributed by atoms with Crippen molar-refractivity contribution in [2.24, 2.45) is 0 Å². The van der Waals surface area contributed by atoms with Crippen molar-refractivity contribution >= 4 is 15.9 Å². The minimum Gasteiger partial charge on any atom is -0.349 e. The molecule has 1 amide bonds. The van der Waals surface area contributed by atoms with Gasteiger partial charge in [-0.25, -0.2) is 17.8 Å². The summed E-state index contributed by atoms with van der Waals surface area (Å²) in [5.41, 5.74) is 0.228. The quantitative estimate of drug-likeness (QED) is 0.507. The van der Waals surface area contributed by atoms with Crippen molar-refractivity contribution in [1.82, 2.24) is 30.3 Å². The molecule has 9 nitrogen and oxygen atoms in total. The van der Waals surface area contributed by atoms with Crippen LogP contribution in [0.25, 0.3) is 0 Å². The van der Waals surface area contributed by atoms with Gasteiger partial charge in [-0.1, -0.05) is 5.21 Å². The van der Waals surface area contributed by atoms with Crippen LogP contribution in [0.15, 0.2) is 6.20 Å². The molecule has 1 aromatic heterocycles. The largest absolute Gasteiger partial charge is 0.349 e. The van der Waals surface area contributed by atoms with Crippen molar-refractivity contribution in [2.75, 3.05) is 32.4 Å². The van der Waals surface area contributed by atoms with Gasteiger partial charge in [0.2, 0.25) is 10.0 Å². The molecule has 1 aliphatic heterocycles. The Hall–Kier alpha value is -1.52. The number of nitrogens with zero attached hydrogens (tertiary/aromatic N) is 3. The average molecular weight is 288 g/mol. The summed E-state index contributed by atoms with van der Waals surface area (Å²) < 4.78 is 25.5. The Kier molecular flexibility index (Phi) is 4.12. The summed E-state index contributed by atoms with van der Waals surface area (Å²) in [5, 5.41) is 13.3. The van der Waals surface area contributed by atoms with E-state index in [9.17, 15) is 13.2 Å². The zero-order valence-electron chi connectivity index (χ0n) is 10.5. The molecule has 10 heteroatoms. The maximum Gasteiger partial charge on any atom is 0.273 e. The first-order valence-corrected chi connectivity index (χ1v) is 7.70. The number of sulfonamides is 1. The first kappa shape index (κ1) is 13.9. The van der Waals surface area contributed by atoms with Gasteiger partial charge in [0, 0.05) is 26.2 Å². The first-order valence-electron chi connectivity index (χ1n) is 5.81. The van der Waals surface area contributed by atoms with Gasteiger partial charge in [0.15, 0.2) is 5.69 Å². The molecule has 0 spiro atoms. The Morgan fingerprint density at radius 2 is 2.26 bits per heavy atom. The van der Waals surface area contributed by atoms with Crippen molar-refractivity contribution in [2.45, 2.75) is 6.04 Å². The Labute approximate surface area is 110 Å². The molecule has 0 saturated carbocycles. The second-order valence-corrected chi connectivity index (χ2v) is 6.15. The van der Waals surface area contributed by atoms with Crippen molar-refractivity contribution in [1.29, 1.82) is 0 Å². The van der Waals surface area contributed by atoms with Gasteiger partial charge in [-0.2, -0.15) is 0 Å². The Morgan fingerprint density at radius 1 is 1.53 bits per heavy atom. The zero-order chi connectivity index (χ0) is 13.9. The molecule has 2 heterocycles. The van der Waals surface area contributed by atoms with Crippen LogP contribution >= 0.6 is 0 Å². The van der Waals surface area contributed by atoms with E-state index in [2.05, 4.69) is 25.7 Å². The van der Waals surface area contributed by atoms with Gasteiger partial charge >= 0.3 is 0 Å². The topological polar surface area (TPSA) is 118 Å². The fraction of sp³-hybridized carbons (Fsp3) is 0.667. The highest BCUT2D eigenvalue weighted by atomic mass is 32.2. The average Bonchev–Trinajstić information content (AvgIpc) is 2.69. The third-order valence-corrected chi connectivity index (χ3v) is 3.38. The van der Waals surface area contributed by atoms with Crippen molar-refractivity contribution in [3.8, 4) is 0 Å². The summed E-state index contributed by atoms with van der Waals surface area (Å²) in [7, 11) is -3.23. The Morgan fingerprint density at radius 3 is 2.84 bits per heavy atom. The monoisotopic (exact) mass is 288 g/mol. The molecule has 1 fully saturated rings. The normalized spacial score (nSPS) is 16.1. The number of nitrogens with one attached hydrogen (secondary N) is 3. The van der Waals surface area contributed by atoms with Crippen molar-refractivity contribution in [3.63, 3.8) is 0 Å². The molecule has 0 atom stereocenters. The highest BCUT2D eigenvalue weighted by Gasteiger charge is 2.21. The maximum absolute atomic E-state index is 11.7. The molecular formula is C9H16N6O3S. The third-order valence-electron chi connectivity index (χ3n) is 2.65. The molecule has 3 N–H and O–H groups in total. The van der Waals surface area contributed by atoms with Gasteiger partial charge in [0.05, 0.1) is 18.5 Å². The highest BCUT2D eigenvalue weighted by Crippen LogP contribution is 2.09. The van der Waals surface area contributed by atoms with Crippen LogP contribution < -0.4 is 15.4 Å². The molecule has 1 saturated heterocycles. The Bertz CT molecular complexity index is 550. The van der Waals surface area contributed by atoms with Gasteiger partial charge in [-0.15, -0.1) is 5.10 Å². The highest BCUT2D eigenvalue weighted by molar-refractivity contribution is 7.88. The first-order chi connectivity index (χ1) is 8.96. The molecule has 0 aliphatic carbocycles. The van der Waals surface area contributed by atoms with Crippen LogP contribution in [0.4, 0.5) is 0 Å². The second-order valence-electron chi connectivity index (χ2n) is 4.32. The van der Waals surface area contributed by atoms with E-state index in [1.54, 1.807) is 10.9 Å². The van der Waals surface area contributed by atoms with E-state index in [0.29, 0.717) is 0 Å². The summed E-state index contributed by atoms with van der Waals surface area (Å²) in [5.74, 6) is -0.367. The van der Waals surface area contributed by atoms with E-state index in [0.717, 1.165) is 19.3 Å². The lowest BCUT2D eigenvalue weighted by molar-refractivity contribution is 0.0949. The summed E-state index contributed by atoms with van der Waals surface area (Å²) in [6.45, 7) is 1.99. The predicted molar refractivity (Wildman–Crippen MR) is 67.1 cm³/mol. The van der Waals surface area contributed by atoms with Crippen LogP contribution in [0, 0.1) is 0 Å². The summed E-state index contributed by atoms with van der Waals surface area (Å²) in [6.07, 6.45) is 2.65. The third kappa shape index (κ3) is 3.98. The van der Waals surface area contributed by atoms with Crippen LogP contribution in [0.2, 0.25) is 0 Å². The number of rotatable bonds is 6. The number of hydrogen-bond donors (Lipinski definition) is 3. The zero-order valence-corrected chi connectivity index (χ0v) is 11.3. The molecular weight excluding hydrogens is 272 g/mol. The fourth-order valence-corrected chi connectivity index (χ4v) is 2.00. The van der Waals surface area contributed by atoms with Gasteiger partial charge in [-0.05, 0) is 0 Å². The van der Waals surface area contributed by atoms with Crippen molar-refractivity contribution in [3.05, 3.63) is 11.9 Å². The standard InChI is InChI=1S/C9H16N6O3S/c1-19(17,18)12-3-2-11-9(16)8-6-15(14-13-8)7-4-10-5-7/h6-7,10,12H,2-5H2,1H3,(H,11,16). The van der Waals surface area contributed by atoms with E-state index < -0.39 is 10.0 Å². The lowest BCUT2D eigenvalue weighted by Gasteiger charge is -2.26. The molecule has 2 rings (SSSR count). The van der Waals surface area contributed by atoms with E-state index >= 15 is 0 Å². The number of aromatic nitrogens is 3. The molecule has 0 aromatic carbocycles. The SMILES string of the molecule is CS(=O)(=O)NCCNC(=O)c1cn(C2CNC2)nn1. The summed E-state index contributed by atoms with van der Waals surface area (Å²) >= 11 is 0. The van der Waals surface area contributed by atoms with E-state index in [4.69, 9.17) is 0 Å². The smallest absolute Gasteiger partial charge is 0.273 e. The number of amides is 1. The minimum atomic E-state index is -3.23. The molecule has 19 heavy (non-hydrogen) atoms. The summed E-state index contributed by atoms with van der Waals surface area (Å²) in [6, 6.07) is 0.251. The number of hydrogen-bond acceptors (Lipinski definition) is 6. The predicted octanol–water partition coefficient (Wildman–Crippen LogP) is -2.30. The number of carbonyl (C=O) groups is 1. The van der Waals surface area contributed by atoms with Crippen molar-refractivity contribution < 1.29 is 13.2 Å². The van der Waals surface area contributed by atoms with Gasteiger partial charge in [-0.3, -0.25) is 4.79 Å². The van der Waals surface area contributed by atoms with Crippen LogP contribution in [0.5, 0.6) is 0 Å². The minimum absolute atomic E-state index is 0.144. The molecule has 0 bridgehead atoms. The molecule has 1 aromatic rings. The maximum atomic E-state index is 11.7. The number of carbonyl (C=O) groups excluding carboxylic acids is 1. The summed E-state index contributed by atoms with van der Waals surface area (Å²) in [4.78, 5) is 11.7. The fourth-order valence-electron chi connectivity index (χ4n) is 1.52. The molecule has 1 aliphatic rings. The van der Waals surface area contributed by atoms with Gasteiger partial charge in [0.1, 0.15) is 0 Å². The lowest BCUT2D eigenvalue weighted by Crippen LogP contribution is -2.43. The molecule has 106 valence electrons. The molecule has 0 radical (unpaired) electrons. The van der Waals surface area contributed by atoms with Crippen LogP contribution in [0.3, 0.4) is 0 Å². The van der Waals surface area contributed by atoms with E-state index in [1.165, 1.54) is 0 Å². The Balaban J connectivity index is 1.78. The van der Waals surface area contributed by atoms with Crippen LogP contribution in [0.1, 0.15) is 16.5 Å².